The van der Waals surface area contributed by atoms with Crippen molar-refractivity contribution in [2.45, 2.75) is 51.4 Å². The van der Waals surface area contributed by atoms with Gasteiger partial charge in [0.25, 0.3) is 0 Å². The van der Waals surface area contributed by atoms with E-state index >= 15 is 0 Å². The molecule has 0 aromatic carbocycles. The normalized spacial score (nSPS) is 22.5. The second-order valence-corrected chi connectivity index (χ2v) is 5.00. The van der Waals surface area contributed by atoms with E-state index in [1.807, 2.05) is 0 Å². The van der Waals surface area contributed by atoms with Crippen molar-refractivity contribution in [1.82, 2.24) is 0 Å². The largest absolute Gasteiger partial charge is 0.294 e. The number of hydrogen-bond donors (Lipinski definition) is 0. The minimum Gasteiger partial charge on any atom is -0.294 e. The molecule has 17 heavy (non-hydrogen) atoms. The third-order valence-corrected chi connectivity index (χ3v) is 3.40. The number of Topliss-reactive ketones (excluding diaryl/α,β-unsaturated/α-hetero) is 1. The minimum atomic E-state index is 0.369. The summed E-state index contributed by atoms with van der Waals surface area (Å²) in [4.78, 5) is 12.1. The predicted octanol–water partition coefficient (Wildman–Crippen LogP) is 4.36. The highest BCUT2D eigenvalue weighted by Crippen LogP contribution is 2.33. The molecule has 0 spiro atoms. The highest BCUT2D eigenvalue weighted by atomic mass is 16.1. The van der Waals surface area contributed by atoms with Gasteiger partial charge in [0, 0.05) is 5.92 Å². The maximum Gasteiger partial charge on any atom is 0.161 e. The molecule has 2 rings (SSSR count). The lowest BCUT2D eigenvalue weighted by Crippen LogP contribution is -2.04. The van der Waals surface area contributed by atoms with Gasteiger partial charge in [-0.1, -0.05) is 30.4 Å². The van der Waals surface area contributed by atoms with Crippen LogP contribution >= 0.6 is 0 Å². The van der Waals surface area contributed by atoms with Crippen LogP contribution in [0.25, 0.3) is 0 Å². The van der Waals surface area contributed by atoms with Crippen LogP contribution in [0.4, 0.5) is 0 Å². The first-order valence-electron chi connectivity index (χ1n) is 6.91. The SMILES string of the molecule is O=C(C1=CCCC=CCCC=CCC1)C1CC1. The first-order chi connectivity index (χ1) is 8.38. The number of allylic oxidation sites excluding steroid dienone is 6. The Balaban J connectivity index is 1.97. The van der Waals surface area contributed by atoms with E-state index in [0.29, 0.717) is 11.7 Å². The monoisotopic (exact) mass is 230 g/mol. The highest BCUT2D eigenvalue weighted by Gasteiger charge is 2.31. The Kier molecular flexibility index (Phi) is 4.78. The molecule has 0 aliphatic heterocycles. The molecule has 1 saturated carbocycles. The fraction of sp³-hybridized carbons (Fsp3) is 0.562. The van der Waals surface area contributed by atoms with Gasteiger partial charge in [0.15, 0.2) is 5.78 Å². The zero-order valence-electron chi connectivity index (χ0n) is 10.5. The molecule has 1 fully saturated rings. The lowest BCUT2D eigenvalue weighted by Gasteiger charge is -2.05. The van der Waals surface area contributed by atoms with Crippen LogP contribution < -0.4 is 0 Å². The molecule has 0 amide bonds. The molecular weight excluding hydrogens is 208 g/mol. The Hall–Kier alpha value is -1.11. The maximum absolute atomic E-state index is 12.1. The molecule has 2 aliphatic rings. The van der Waals surface area contributed by atoms with E-state index in [1.54, 1.807) is 0 Å². The lowest BCUT2D eigenvalue weighted by molar-refractivity contribution is -0.116. The van der Waals surface area contributed by atoms with Gasteiger partial charge in [0.05, 0.1) is 0 Å². The standard InChI is InChI=1S/C16H22O/c17-16(15-12-13-15)14-10-8-6-4-2-1-3-5-7-9-11-14/h2,4-5,7,10,15H,1,3,6,8-9,11-13H2. The van der Waals surface area contributed by atoms with Crippen molar-refractivity contribution in [3.63, 3.8) is 0 Å². The van der Waals surface area contributed by atoms with Crippen molar-refractivity contribution in [1.29, 1.82) is 0 Å². The van der Waals surface area contributed by atoms with Crippen LogP contribution in [-0.4, -0.2) is 5.78 Å². The molecule has 92 valence electrons. The highest BCUT2D eigenvalue weighted by molar-refractivity contribution is 5.98. The second-order valence-electron chi connectivity index (χ2n) is 5.00. The Bertz CT molecular complexity index is 343. The van der Waals surface area contributed by atoms with Crippen molar-refractivity contribution >= 4 is 5.78 Å². The molecule has 0 radical (unpaired) electrons. The van der Waals surface area contributed by atoms with Gasteiger partial charge in [0.1, 0.15) is 0 Å². The number of carbonyl (C=O) groups is 1. The Morgan fingerprint density at radius 2 is 1.47 bits per heavy atom. The molecule has 0 N–H and O–H groups in total. The Labute approximate surface area is 104 Å². The molecule has 0 heterocycles. The van der Waals surface area contributed by atoms with E-state index < -0.39 is 0 Å². The van der Waals surface area contributed by atoms with Crippen molar-refractivity contribution in [2.24, 2.45) is 5.92 Å². The van der Waals surface area contributed by atoms with E-state index in [2.05, 4.69) is 30.4 Å². The molecule has 0 bridgehead atoms. The van der Waals surface area contributed by atoms with Crippen LogP contribution in [0.15, 0.2) is 36.0 Å². The number of carbonyl (C=O) groups excluding carboxylic acids is 1. The summed E-state index contributed by atoms with van der Waals surface area (Å²) in [7, 11) is 0. The summed E-state index contributed by atoms with van der Waals surface area (Å²) >= 11 is 0. The molecule has 1 nitrogen and oxygen atoms in total. The zero-order valence-corrected chi connectivity index (χ0v) is 10.5. The molecule has 0 aromatic rings. The molecule has 0 unspecified atom stereocenters. The summed E-state index contributed by atoms with van der Waals surface area (Å²) in [5.74, 6) is 0.799. The van der Waals surface area contributed by atoms with E-state index in [9.17, 15) is 4.79 Å². The minimum absolute atomic E-state index is 0.369. The summed E-state index contributed by atoms with van der Waals surface area (Å²) in [6.07, 6.45) is 19.7. The van der Waals surface area contributed by atoms with Gasteiger partial charge in [-0.15, -0.1) is 0 Å². The van der Waals surface area contributed by atoms with Gasteiger partial charge in [0.2, 0.25) is 0 Å². The Morgan fingerprint density at radius 1 is 0.882 bits per heavy atom. The van der Waals surface area contributed by atoms with E-state index in [-0.39, 0.29) is 0 Å². The number of rotatable bonds is 2. The summed E-state index contributed by atoms with van der Waals surface area (Å²) in [5.41, 5.74) is 1.09. The average Bonchev–Trinajstić information content (AvgIpc) is 3.13. The van der Waals surface area contributed by atoms with E-state index in [0.717, 1.165) is 56.9 Å². The summed E-state index contributed by atoms with van der Waals surface area (Å²) in [5, 5.41) is 0. The maximum atomic E-state index is 12.1. The fourth-order valence-electron chi connectivity index (χ4n) is 2.19. The van der Waals surface area contributed by atoms with Gasteiger partial charge >= 0.3 is 0 Å². The van der Waals surface area contributed by atoms with Crippen LogP contribution in [0.2, 0.25) is 0 Å². The number of hydrogen-bond acceptors (Lipinski definition) is 1. The topological polar surface area (TPSA) is 17.1 Å². The van der Waals surface area contributed by atoms with Gasteiger partial charge in [-0.3, -0.25) is 4.79 Å². The smallest absolute Gasteiger partial charge is 0.161 e. The van der Waals surface area contributed by atoms with E-state index in [4.69, 9.17) is 0 Å². The molecule has 1 heteroatoms. The van der Waals surface area contributed by atoms with Crippen molar-refractivity contribution in [3.8, 4) is 0 Å². The fourth-order valence-corrected chi connectivity index (χ4v) is 2.19. The van der Waals surface area contributed by atoms with Crippen molar-refractivity contribution < 1.29 is 4.79 Å². The van der Waals surface area contributed by atoms with Crippen LogP contribution in [0, 0.1) is 5.92 Å². The first-order valence-corrected chi connectivity index (χ1v) is 6.91. The van der Waals surface area contributed by atoms with Crippen LogP contribution in [-0.2, 0) is 4.79 Å². The van der Waals surface area contributed by atoms with Crippen molar-refractivity contribution in [3.05, 3.63) is 36.0 Å². The predicted molar refractivity (Wildman–Crippen MR) is 71.8 cm³/mol. The summed E-state index contributed by atoms with van der Waals surface area (Å²) in [6.45, 7) is 0. The first kappa shape index (κ1) is 12.3. The lowest BCUT2D eigenvalue weighted by atomic mass is 10.00. The zero-order chi connectivity index (χ0) is 11.9. The van der Waals surface area contributed by atoms with Gasteiger partial charge < -0.3 is 0 Å². The number of ketones is 1. The molecule has 0 saturated heterocycles. The van der Waals surface area contributed by atoms with Gasteiger partial charge in [-0.25, -0.2) is 0 Å². The van der Waals surface area contributed by atoms with Crippen LogP contribution in [0.5, 0.6) is 0 Å². The average molecular weight is 230 g/mol. The molecule has 0 aromatic heterocycles. The van der Waals surface area contributed by atoms with Gasteiger partial charge in [-0.2, -0.15) is 0 Å². The quantitative estimate of drug-likeness (QED) is 0.644. The summed E-state index contributed by atoms with van der Waals surface area (Å²) in [6, 6.07) is 0. The molecular formula is C16H22O. The van der Waals surface area contributed by atoms with Gasteiger partial charge in [-0.05, 0) is 56.9 Å². The molecule has 2 aliphatic carbocycles. The molecule has 0 atom stereocenters. The van der Waals surface area contributed by atoms with Crippen LogP contribution in [0.3, 0.4) is 0 Å². The van der Waals surface area contributed by atoms with E-state index in [1.165, 1.54) is 0 Å². The summed E-state index contributed by atoms with van der Waals surface area (Å²) < 4.78 is 0. The Morgan fingerprint density at radius 3 is 2.12 bits per heavy atom. The van der Waals surface area contributed by atoms with Crippen molar-refractivity contribution in [2.75, 3.05) is 0 Å². The third-order valence-electron chi connectivity index (χ3n) is 3.40. The van der Waals surface area contributed by atoms with Crippen LogP contribution in [0.1, 0.15) is 51.4 Å². The third kappa shape index (κ3) is 4.33. The second kappa shape index (κ2) is 6.58.